The minimum absolute atomic E-state index is 0.0105. The minimum atomic E-state index is -0.121. The van der Waals surface area contributed by atoms with Gasteiger partial charge in [-0.25, -0.2) is 0 Å². The van der Waals surface area contributed by atoms with Gasteiger partial charge in [-0.15, -0.1) is 0 Å². The summed E-state index contributed by atoms with van der Waals surface area (Å²) < 4.78 is 23.1. The van der Waals surface area contributed by atoms with Crippen molar-refractivity contribution in [3.8, 4) is 0 Å². The highest BCUT2D eigenvalue weighted by atomic mass is 16.6. The molecule has 83 heavy (non-hydrogen) atoms. The molecular weight excluding hydrogens is 1030 g/mol. The molecule has 0 rings (SSSR count). The molecule has 0 bridgehead atoms. The first kappa shape index (κ1) is 80.4. The van der Waals surface area contributed by atoms with Crippen LogP contribution >= 0.6 is 0 Å². The molecule has 8 nitrogen and oxygen atoms in total. The smallest absolute Gasteiger partial charge is 0.306 e. The van der Waals surface area contributed by atoms with Crippen LogP contribution in [0.2, 0.25) is 0 Å². The van der Waals surface area contributed by atoms with Gasteiger partial charge in [0, 0.05) is 25.7 Å². The van der Waals surface area contributed by atoms with Gasteiger partial charge in [0.25, 0.3) is 0 Å². The first-order chi connectivity index (χ1) is 40.9. The molecule has 0 aliphatic rings. The summed E-state index contributed by atoms with van der Waals surface area (Å²) in [4.78, 5) is 50.5. The van der Waals surface area contributed by atoms with Crippen LogP contribution in [-0.4, -0.2) is 49.3 Å². The van der Waals surface area contributed by atoms with Crippen molar-refractivity contribution in [3.63, 3.8) is 0 Å². The van der Waals surface area contributed by atoms with Crippen LogP contribution in [0.1, 0.15) is 407 Å². The molecule has 0 fully saturated rings. The second-order valence-electron chi connectivity index (χ2n) is 25.1. The number of ether oxygens (including phenoxy) is 4. The molecule has 0 amide bonds. The van der Waals surface area contributed by atoms with Gasteiger partial charge in [0.2, 0.25) is 0 Å². The Morgan fingerprint density at radius 3 is 0.711 bits per heavy atom. The van der Waals surface area contributed by atoms with Crippen molar-refractivity contribution in [2.45, 2.75) is 419 Å². The predicted octanol–water partition coefficient (Wildman–Crippen LogP) is 24.1. The van der Waals surface area contributed by atoms with Gasteiger partial charge in [-0.05, 0) is 148 Å². The van der Waals surface area contributed by atoms with Crippen LogP contribution in [0.5, 0.6) is 0 Å². The molecule has 0 saturated carbocycles. The van der Waals surface area contributed by atoms with Crippen molar-refractivity contribution < 1.29 is 38.1 Å². The van der Waals surface area contributed by atoms with Crippen LogP contribution in [0.4, 0.5) is 0 Å². The van der Waals surface area contributed by atoms with E-state index in [0.717, 1.165) is 148 Å². The molecule has 0 aliphatic carbocycles. The Labute approximate surface area is 515 Å². The molecule has 0 aliphatic heterocycles. The quantitative estimate of drug-likeness (QED) is 0.0257. The highest BCUT2D eigenvalue weighted by Gasteiger charge is 2.16. The molecule has 488 valence electrons. The van der Waals surface area contributed by atoms with Gasteiger partial charge in [-0.2, -0.15) is 0 Å². The van der Waals surface area contributed by atoms with Crippen molar-refractivity contribution in [2.75, 3.05) is 13.2 Å². The number of unbranched alkanes of at least 4 members (excludes halogenated alkanes) is 42. The van der Waals surface area contributed by atoms with Crippen molar-refractivity contribution in [3.05, 3.63) is 24.3 Å². The van der Waals surface area contributed by atoms with E-state index in [2.05, 4.69) is 52.0 Å². The van der Waals surface area contributed by atoms with Crippen LogP contribution < -0.4 is 0 Å². The monoisotopic (exact) mass is 1170 g/mol. The number of esters is 4. The van der Waals surface area contributed by atoms with Gasteiger partial charge >= 0.3 is 23.9 Å². The summed E-state index contributed by atoms with van der Waals surface area (Å²) >= 11 is 0. The van der Waals surface area contributed by atoms with Gasteiger partial charge < -0.3 is 18.9 Å². The Morgan fingerprint density at radius 2 is 0.446 bits per heavy atom. The van der Waals surface area contributed by atoms with E-state index in [1.165, 1.54) is 205 Å². The van der Waals surface area contributed by atoms with Crippen molar-refractivity contribution in [2.24, 2.45) is 0 Å². The molecule has 2 unspecified atom stereocenters. The molecule has 0 saturated heterocycles. The third-order valence-corrected chi connectivity index (χ3v) is 16.8. The summed E-state index contributed by atoms with van der Waals surface area (Å²) in [6, 6.07) is 0. The molecular formula is C75H140O8. The van der Waals surface area contributed by atoms with Gasteiger partial charge in [-0.1, -0.05) is 257 Å². The molecule has 2 atom stereocenters. The van der Waals surface area contributed by atoms with E-state index in [4.69, 9.17) is 18.9 Å². The highest BCUT2D eigenvalue weighted by Crippen LogP contribution is 2.21. The Kier molecular flexibility index (Phi) is 66.3. The molecule has 0 N–H and O–H groups in total. The second kappa shape index (κ2) is 68.5. The first-order valence-corrected chi connectivity index (χ1v) is 36.9. The molecule has 0 spiro atoms. The summed E-state index contributed by atoms with van der Waals surface area (Å²) in [5, 5.41) is 0. The van der Waals surface area contributed by atoms with Crippen LogP contribution in [0.3, 0.4) is 0 Å². The summed E-state index contributed by atoms with van der Waals surface area (Å²) in [5.41, 5.74) is 0. The van der Waals surface area contributed by atoms with Gasteiger partial charge in [0.15, 0.2) is 0 Å². The predicted molar refractivity (Wildman–Crippen MR) is 355 cm³/mol. The molecule has 0 aromatic rings. The van der Waals surface area contributed by atoms with E-state index in [9.17, 15) is 19.2 Å². The van der Waals surface area contributed by atoms with Crippen LogP contribution in [0, 0.1) is 0 Å². The maximum atomic E-state index is 12.9. The maximum Gasteiger partial charge on any atom is 0.306 e. The van der Waals surface area contributed by atoms with E-state index in [-0.39, 0.29) is 36.1 Å². The lowest BCUT2D eigenvalue weighted by molar-refractivity contribution is -0.151. The topological polar surface area (TPSA) is 105 Å². The average molecular weight is 1170 g/mol. The number of allylic oxidation sites excluding steroid dienone is 4. The summed E-state index contributed by atoms with van der Waals surface area (Å²) in [6.07, 6.45) is 75.6. The zero-order valence-corrected chi connectivity index (χ0v) is 55.9. The minimum Gasteiger partial charge on any atom is -0.466 e. The number of hydrogen-bond acceptors (Lipinski definition) is 8. The van der Waals surface area contributed by atoms with Gasteiger partial charge in [0.05, 0.1) is 13.2 Å². The lowest BCUT2D eigenvalue weighted by Gasteiger charge is -2.18. The Hall–Kier alpha value is -2.64. The maximum absolute atomic E-state index is 12.9. The average Bonchev–Trinajstić information content (AvgIpc) is 3.47. The van der Waals surface area contributed by atoms with Crippen LogP contribution in [-0.2, 0) is 38.1 Å². The van der Waals surface area contributed by atoms with E-state index < -0.39 is 0 Å². The Morgan fingerprint density at radius 1 is 0.241 bits per heavy atom. The van der Waals surface area contributed by atoms with Gasteiger partial charge in [-0.3, -0.25) is 19.2 Å². The summed E-state index contributed by atoms with van der Waals surface area (Å²) in [5.74, 6) is -0.263. The zero-order chi connectivity index (χ0) is 60.3. The largest absolute Gasteiger partial charge is 0.466 e. The number of carbonyl (C=O) groups excluding carboxylic acids is 4. The first-order valence-electron chi connectivity index (χ1n) is 36.9. The fraction of sp³-hybridized carbons (Fsp3) is 0.893. The van der Waals surface area contributed by atoms with E-state index in [1.807, 2.05) is 0 Å². The summed E-state index contributed by atoms with van der Waals surface area (Å²) in [6.45, 7) is 9.89. The third-order valence-electron chi connectivity index (χ3n) is 16.8. The van der Waals surface area contributed by atoms with Crippen molar-refractivity contribution in [1.82, 2.24) is 0 Å². The molecule has 0 aromatic heterocycles. The highest BCUT2D eigenvalue weighted by molar-refractivity contribution is 5.70. The van der Waals surface area contributed by atoms with E-state index in [0.29, 0.717) is 38.9 Å². The fourth-order valence-electron chi connectivity index (χ4n) is 11.2. The standard InChI is InChI=1S/C75H140O8/c1-5-9-13-17-21-23-25-27-29-31-33-35-37-45-56-66-74(78)82-70(60-50-41-19-15-11-7-3)62-52-43-39-47-54-64-72(76)80-68-58-49-59-69-81-73(77)65-55-48-40-44-53-63-71(61-51-42-20-16-12-8-4)83-75(79)67-57-46-38-36-34-32-30-28-26-24-22-18-14-10-6-2/h27-30,70-71H,5-26,31-69H2,1-4H3/b29-27-,30-28-. The van der Waals surface area contributed by atoms with Crippen LogP contribution in [0.15, 0.2) is 24.3 Å². The number of carbonyl (C=O) groups is 4. The molecule has 0 aromatic carbocycles. The summed E-state index contributed by atoms with van der Waals surface area (Å²) in [7, 11) is 0. The zero-order valence-electron chi connectivity index (χ0n) is 55.9. The third kappa shape index (κ3) is 65.2. The lowest BCUT2D eigenvalue weighted by Crippen LogP contribution is -2.18. The molecule has 0 radical (unpaired) electrons. The number of rotatable bonds is 68. The normalized spacial score (nSPS) is 12.4. The van der Waals surface area contributed by atoms with Gasteiger partial charge in [0.1, 0.15) is 12.2 Å². The molecule has 0 heterocycles. The second-order valence-corrected chi connectivity index (χ2v) is 25.1. The van der Waals surface area contributed by atoms with Crippen LogP contribution in [0.25, 0.3) is 0 Å². The molecule has 8 heteroatoms. The Bertz CT molecular complexity index is 1320. The Balaban J connectivity index is 4.10. The fourth-order valence-corrected chi connectivity index (χ4v) is 11.2. The van der Waals surface area contributed by atoms with E-state index >= 15 is 0 Å². The van der Waals surface area contributed by atoms with Crippen molar-refractivity contribution in [1.29, 1.82) is 0 Å². The number of hydrogen-bond donors (Lipinski definition) is 0. The van der Waals surface area contributed by atoms with Crippen molar-refractivity contribution >= 4 is 23.9 Å². The lowest BCUT2D eigenvalue weighted by atomic mass is 10.0. The van der Waals surface area contributed by atoms with E-state index in [1.54, 1.807) is 0 Å². The SMILES string of the molecule is CCCCCCCC/C=C\CCCCCCCC(=O)OC(CCCCCCCC)CCCCCCCC(=O)OCCCCCOC(=O)CCCCCCCC(CCCCCCCC)OC(=O)CCCCCCC/C=C\CCCCCCCC.